The molecule has 1 N–H and O–H groups in total. The van der Waals surface area contributed by atoms with Crippen LogP contribution in [0.1, 0.15) is 37.5 Å². The average molecular weight is 727 g/mol. The molecule has 0 aliphatic heterocycles. The van der Waals surface area contributed by atoms with Crippen LogP contribution in [0, 0.1) is 6.92 Å². The van der Waals surface area contributed by atoms with Gasteiger partial charge >= 0.3 is 0 Å². The lowest BCUT2D eigenvalue weighted by Crippen LogP contribution is -2.56. The van der Waals surface area contributed by atoms with Crippen molar-refractivity contribution in [1.82, 2.24) is 10.2 Å². The monoisotopic (exact) mass is 725 g/mol. The van der Waals surface area contributed by atoms with Gasteiger partial charge in [0.25, 0.3) is 10.0 Å². The number of nitrogens with one attached hydrogen (secondary N) is 1. The third kappa shape index (κ3) is 9.68. The zero-order valence-electron chi connectivity index (χ0n) is 28.4. The maximum Gasteiger partial charge on any atom is 0.264 e. The van der Waals surface area contributed by atoms with Gasteiger partial charge in [0.15, 0.2) is 0 Å². The molecule has 12 heteroatoms. The van der Waals surface area contributed by atoms with Crippen molar-refractivity contribution in [1.29, 1.82) is 0 Å². The van der Waals surface area contributed by atoms with Crippen LogP contribution in [-0.4, -0.2) is 57.5 Å². The second-order valence-corrected chi connectivity index (χ2v) is 15.3. The number of carbonyl (C=O) groups excluding carboxylic acids is 2. The molecule has 0 saturated heterocycles. The summed E-state index contributed by atoms with van der Waals surface area (Å²) in [6, 6.07) is 24.2. The highest BCUT2D eigenvalue weighted by Gasteiger charge is 2.36. The first-order valence-electron chi connectivity index (χ1n) is 15.5. The van der Waals surface area contributed by atoms with Gasteiger partial charge in [0.2, 0.25) is 11.8 Å². The minimum Gasteiger partial charge on any atom is -0.497 e. The van der Waals surface area contributed by atoms with E-state index in [-0.39, 0.29) is 34.3 Å². The van der Waals surface area contributed by atoms with Gasteiger partial charge in [0.1, 0.15) is 24.1 Å². The van der Waals surface area contributed by atoms with Gasteiger partial charge in [-0.2, -0.15) is 0 Å². The van der Waals surface area contributed by atoms with Crippen molar-refractivity contribution >= 4 is 50.7 Å². The van der Waals surface area contributed by atoms with E-state index in [0.717, 1.165) is 15.4 Å². The number of benzene rings is 4. The molecule has 0 unspecified atom stereocenters. The van der Waals surface area contributed by atoms with Crippen LogP contribution in [0.2, 0.25) is 10.0 Å². The Balaban J connectivity index is 1.89. The topological polar surface area (TPSA) is 105 Å². The molecule has 1 atom stereocenters. The molecule has 0 aromatic heterocycles. The highest BCUT2D eigenvalue weighted by Crippen LogP contribution is 2.36. The predicted molar refractivity (Wildman–Crippen MR) is 194 cm³/mol. The second kappa shape index (κ2) is 16.0. The molecule has 0 spiro atoms. The van der Waals surface area contributed by atoms with Gasteiger partial charge < -0.3 is 19.7 Å². The number of carbonyl (C=O) groups is 2. The molecule has 0 saturated carbocycles. The molecule has 0 aliphatic rings. The van der Waals surface area contributed by atoms with E-state index in [4.69, 9.17) is 32.7 Å². The maximum atomic E-state index is 14.8. The van der Waals surface area contributed by atoms with Gasteiger partial charge in [-0.05, 0) is 75.2 Å². The number of nitrogens with zero attached hydrogens (tertiary/aromatic N) is 2. The lowest BCUT2D eigenvalue weighted by atomic mass is 10.0. The molecule has 4 rings (SSSR count). The Morgan fingerprint density at radius 3 is 2.10 bits per heavy atom. The standard InChI is InChI=1S/C37H41Cl2N3O6S/c1-25-12-16-29(17-13-25)49(45,46)42(32-22-28(47-5)15-19-34(32)48-6)24-35(43)41(23-27-14-18-30(38)31(39)20-27)33(36(44)40-37(2,3)4)21-26-10-8-7-9-11-26/h7-20,22,33H,21,23-24H2,1-6H3,(H,40,44)/t33-/m1/s1. The van der Waals surface area contributed by atoms with Gasteiger partial charge in [-0.25, -0.2) is 8.42 Å². The van der Waals surface area contributed by atoms with Crippen molar-refractivity contribution in [3.63, 3.8) is 0 Å². The molecule has 2 amide bonds. The first kappa shape index (κ1) is 37.6. The lowest BCUT2D eigenvalue weighted by Gasteiger charge is -2.35. The second-order valence-electron chi connectivity index (χ2n) is 12.6. The van der Waals surface area contributed by atoms with E-state index in [1.807, 2.05) is 58.0 Å². The van der Waals surface area contributed by atoms with Gasteiger partial charge in [0.05, 0.1) is 34.8 Å². The Morgan fingerprint density at radius 1 is 0.837 bits per heavy atom. The van der Waals surface area contributed by atoms with Crippen LogP contribution in [0.5, 0.6) is 11.5 Å². The average Bonchev–Trinajstić information content (AvgIpc) is 3.06. The molecule has 4 aromatic rings. The van der Waals surface area contributed by atoms with Crippen molar-refractivity contribution in [2.24, 2.45) is 0 Å². The summed E-state index contributed by atoms with van der Waals surface area (Å²) in [5, 5.41) is 3.61. The van der Waals surface area contributed by atoms with Gasteiger partial charge in [-0.1, -0.05) is 77.3 Å². The number of amides is 2. The Hall–Kier alpha value is -4.25. The Morgan fingerprint density at radius 2 is 1.51 bits per heavy atom. The molecular weight excluding hydrogens is 685 g/mol. The SMILES string of the molecule is COc1ccc(OC)c(N(CC(=O)N(Cc2ccc(Cl)c(Cl)c2)[C@H](Cc2ccccc2)C(=O)NC(C)(C)C)S(=O)(=O)c2ccc(C)cc2)c1. The number of ether oxygens (including phenoxy) is 2. The summed E-state index contributed by atoms with van der Waals surface area (Å²) in [6.07, 6.45) is 0.156. The van der Waals surface area contributed by atoms with Gasteiger partial charge in [-0.3, -0.25) is 13.9 Å². The third-order valence-electron chi connectivity index (χ3n) is 7.65. The summed E-state index contributed by atoms with van der Waals surface area (Å²) in [5.74, 6) is -0.494. The number of aryl methyl sites for hydroxylation is 1. The van der Waals surface area contributed by atoms with Crippen LogP contribution in [0.3, 0.4) is 0 Å². The van der Waals surface area contributed by atoms with E-state index >= 15 is 0 Å². The molecule has 9 nitrogen and oxygen atoms in total. The van der Waals surface area contributed by atoms with Crippen LogP contribution in [0.25, 0.3) is 0 Å². The smallest absolute Gasteiger partial charge is 0.264 e. The van der Waals surface area contributed by atoms with Crippen molar-refractivity contribution in [3.05, 3.63) is 118 Å². The summed E-state index contributed by atoms with van der Waals surface area (Å²) in [7, 11) is -1.50. The van der Waals surface area contributed by atoms with Gasteiger partial charge in [-0.15, -0.1) is 0 Å². The van der Waals surface area contributed by atoms with Crippen molar-refractivity contribution < 1.29 is 27.5 Å². The van der Waals surface area contributed by atoms with E-state index < -0.39 is 40.0 Å². The lowest BCUT2D eigenvalue weighted by molar-refractivity contribution is -0.140. The normalized spacial score (nSPS) is 12.2. The Labute approximate surface area is 298 Å². The van der Waals surface area contributed by atoms with Crippen LogP contribution in [-0.2, 0) is 32.6 Å². The third-order valence-corrected chi connectivity index (χ3v) is 10.2. The predicted octanol–water partition coefficient (Wildman–Crippen LogP) is 7.07. The number of methoxy groups -OCH3 is 2. The van der Waals surface area contributed by atoms with Crippen LogP contribution in [0.4, 0.5) is 5.69 Å². The zero-order chi connectivity index (χ0) is 35.9. The van der Waals surface area contributed by atoms with Gasteiger partial charge in [0, 0.05) is 24.6 Å². The molecule has 0 aliphatic carbocycles. The maximum absolute atomic E-state index is 14.8. The van der Waals surface area contributed by atoms with E-state index in [2.05, 4.69) is 5.32 Å². The fourth-order valence-electron chi connectivity index (χ4n) is 5.18. The van der Waals surface area contributed by atoms with E-state index in [9.17, 15) is 18.0 Å². The highest BCUT2D eigenvalue weighted by atomic mass is 35.5. The van der Waals surface area contributed by atoms with E-state index in [0.29, 0.717) is 16.3 Å². The fraction of sp³-hybridized carbons (Fsp3) is 0.297. The summed E-state index contributed by atoms with van der Waals surface area (Å²) < 4.78 is 40.9. The highest BCUT2D eigenvalue weighted by molar-refractivity contribution is 7.92. The quantitative estimate of drug-likeness (QED) is 0.158. The molecule has 0 bridgehead atoms. The summed E-state index contributed by atoms with van der Waals surface area (Å²) in [6.45, 7) is 6.65. The van der Waals surface area contributed by atoms with Crippen molar-refractivity contribution in [2.45, 2.75) is 57.1 Å². The first-order valence-corrected chi connectivity index (χ1v) is 17.7. The molecule has 0 fully saturated rings. The van der Waals surface area contributed by atoms with Crippen molar-refractivity contribution in [3.8, 4) is 11.5 Å². The molecule has 0 heterocycles. The zero-order valence-corrected chi connectivity index (χ0v) is 30.7. The molecule has 260 valence electrons. The summed E-state index contributed by atoms with van der Waals surface area (Å²) in [4.78, 5) is 30.2. The summed E-state index contributed by atoms with van der Waals surface area (Å²) in [5.41, 5.74) is 1.73. The molecule has 4 aromatic carbocycles. The number of anilines is 1. The number of sulfonamides is 1. The van der Waals surface area contributed by atoms with E-state index in [1.165, 1.54) is 37.3 Å². The number of halogens is 2. The molecule has 0 radical (unpaired) electrons. The first-order chi connectivity index (χ1) is 23.1. The van der Waals surface area contributed by atoms with Crippen LogP contribution < -0.4 is 19.1 Å². The number of hydrogen-bond donors (Lipinski definition) is 1. The molecule has 49 heavy (non-hydrogen) atoms. The summed E-state index contributed by atoms with van der Waals surface area (Å²) >= 11 is 12.6. The minimum atomic E-state index is -4.36. The minimum absolute atomic E-state index is 0.0295. The molecular formula is C37H41Cl2N3O6S. The largest absolute Gasteiger partial charge is 0.497 e. The van der Waals surface area contributed by atoms with Crippen LogP contribution in [0.15, 0.2) is 95.9 Å². The number of rotatable bonds is 13. The van der Waals surface area contributed by atoms with Crippen LogP contribution >= 0.6 is 23.2 Å². The number of hydrogen-bond acceptors (Lipinski definition) is 6. The Bertz CT molecular complexity index is 1880. The fourth-order valence-corrected chi connectivity index (χ4v) is 6.92. The van der Waals surface area contributed by atoms with E-state index in [1.54, 1.807) is 42.5 Å². The Kier molecular flexibility index (Phi) is 12.2. The van der Waals surface area contributed by atoms with Crippen molar-refractivity contribution in [2.75, 3.05) is 25.1 Å².